The highest BCUT2D eigenvalue weighted by Gasteiger charge is 2.22. The zero-order valence-corrected chi connectivity index (χ0v) is 12.0. The molecule has 0 aromatic carbocycles. The van der Waals surface area contributed by atoms with E-state index in [4.69, 9.17) is 4.52 Å². The maximum absolute atomic E-state index is 11.2. The van der Waals surface area contributed by atoms with Crippen LogP contribution in [0.5, 0.6) is 0 Å². The average molecular weight is 292 g/mol. The minimum absolute atomic E-state index is 0.158. The van der Waals surface area contributed by atoms with Crippen LogP contribution in [0, 0.1) is 24.0 Å². The summed E-state index contributed by atoms with van der Waals surface area (Å²) >= 11 is 0. The molecule has 9 nitrogen and oxygen atoms in total. The molecule has 2 aromatic rings. The Labute approximate surface area is 120 Å². The number of nitrogens with zero attached hydrogens (tertiary/aromatic N) is 4. The van der Waals surface area contributed by atoms with Crippen molar-refractivity contribution in [2.75, 3.05) is 17.2 Å². The number of nitrogens with one attached hydrogen (secondary N) is 2. The second kappa shape index (κ2) is 6.16. The maximum atomic E-state index is 11.2. The molecule has 0 radical (unpaired) electrons. The number of hydrogen-bond acceptors (Lipinski definition) is 8. The van der Waals surface area contributed by atoms with Gasteiger partial charge in [0.2, 0.25) is 11.6 Å². The van der Waals surface area contributed by atoms with Crippen LogP contribution < -0.4 is 10.6 Å². The summed E-state index contributed by atoms with van der Waals surface area (Å²) in [7, 11) is 0. The standard InChI is InChI=1S/C12H16N6O3/c1-4-13-11-10(18(19)20)12(16-6-15-11)14-5-9-7(2)17-21-8(9)3/h6H,4-5H2,1-3H3,(H2,13,14,15,16). The van der Waals surface area contributed by atoms with Gasteiger partial charge in [0.25, 0.3) is 0 Å². The molecule has 0 aliphatic carbocycles. The van der Waals surface area contributed by atoms with Gasteiger partial charge in [0, 0.05) is 18.7 Å². The molecule has 0 aliphatic heterocycles. The Morgan fingerprint density at radius 3 is 2.48 bits per heavy atom. The lowest BCUT2D eigenvalue weighted by molar-refractivity contribution is -0.383. The first-order valence-electron chi connectivity index (χ1n) is 6.43. The van der Waals surface area contributed by atoms with E-state index in [0.717, 1.165) is 11.3 Å². The first-order valence-corrected chi connectivity index (χ1v) is 6.43. The van der Waals surface area contributed by atoms with E-state index in [9.17, 15) is 10.1 Å². The molecule has 2 rings (SSSR count). The van der Waals surface area contributed by atoms with Crippen LogP contribution in [0.15, 0.2) is 10.9 Å². The number of rotatable bonds is 6. The molecule has 2 heterocycles. The number of anilines is 2. The van der Waals surface area contributed by atoms with Crippen LogP contribution in [-0.2, 0) is 6.54 Å². The third-order valence-corrected chi connectivity index (χ3v) is 2.96. The van der Waals surface area contributed by atoms with E-state index < -0.39 is 4.92 Å². The molecule has 0 amide bonds. The summed E-state index contributed by atoms with van der Waals surface area (Å²) in [4.78, 5) is 18.6. The maximum Gasteiger partial charge on any atom is 0.353 e. The molecular formula is C12H16N6O3. The Kier molecular flexibility index (Phi) is 4.31. The van der Waals surface area contributed by atoms with E-state index in [-0.39, 0.29) is 17.3 Å². The van der Waals surface area contributed by atoms with Crippen LogP contribution in [0.3, 0.4) is 0 Å². The molecule has 2 aromatic heterocycles. The van der Waals surface area contributed by atoms with Gasteiger partial charge in [-0.15, -0.1) is 0 Å². The zero-order chi connectivity index (χ0) is 15.4. The van der Waals surface area contributed by atoms with Gasteiger partial charge in [-0.25, -0.2) is 9.97 Å². The number of nitro groups is 1. The first kappa shape index (κ1) is 14.7. The van der Waals surface area contributed by atoms with E-state index in [2.05, 4.69) is 25.8 Å². The van der Waals surface area contributed by atoms with Gasteiger partial charge < -0.3 is 15.2 Å². The Hall–Kier alpha value is -2.71. The number of hydrogen-bond donors (Lipinski definition) is 2. The van der Waals surface area contributed by atoms with Gasteiger partial charge >= 0.3 is 5.69 Å². The van der Waals surface area contributed by atoms with Crippen molar-refractivity contribution in [2.45, 2.75) is 27.3 Å². The normalized spacial score (nSPS) is 10.4. The van der Waals surface area contributed by atoms with Crippen molar-refractivity contribution in [1.82, 2.24) is 15.1 Å². The molecule has 0 fully saturated rings. The smallest absolute Gasteiger partial charge is 0.353 e. The van der Waals surface area contributed by atoms with Gasteiger partial charge in [-0.3, -0.25) is 10.1 Å². The second-order valence-corrected chi connectivity index (χ2v) is 4.36. The summed E-state index contributed by atoms with van der Waals surface area (Å²) in [6, 6.07) is 0. The highest BCUT2D eigenvalue weighted by atomic mass is 16.6. The van der Waals surface area contributed by atoms with Gasteiger partial charge in [0.15, 0.2) is 0 Å². The minimum atomic E-state index is -0.506. The molecular weight excluding hydrogens is 276 g/mol. The van der Waals surface area contributed by atoms with E-state index in [1.807, 2.05) is 13.8 Å². The number of aryl methyl sites for hydroxylation is 2. The second-order valence-electron chi connectivity index (χ2n) is 4.36. The van der Waals surface area contributed by atoms with E-state index in [1.165, 1.54) is 6.33 Å². The predicted molar refractivity (Wildman–Crippen MR) is 76.2 cm³/mol. The molecule has 0 saturated heterocycles. The molecule has 0 aliphatic rings. The molecule has 0 atom stereocenters. The monoisotopic (exact) mass is 292 g/mol. The average Bonchev–Trinajstić information content (AvgIpc) is 2.76. The van der Waals surface area contributed by atoms with E-state index in [1.54, 1.807) is 6.92 Å². The van der Waals surface area contributed by atoms with Crippen LogP contribution >= 0.6 is 0 Å². The molecule has 112 valence electrons. The third-order valence-electron chi connectivity index (χ3n) is 2.96. The lowest BCUT2D eigenvalue weighted by Gasteiger charge is -2.08. The van der Waals surface area contributed by atoms with Crippen LogP contribution in [0.2, 0.25) is 0 Å². The Morgan fingerprint density at radius 2 is 1.95 bits per heavy atom. The van der Waals surface area contributed by atoms with Crippen molar-refractivity contribution >= 4 is 17.3 Å². The molecule has 0 saturated carbocycles. The van der Waals surface area contributed by atoms with Crippen LogP contribution in [0.1, 0.15) is 23.9 Å². The largest absolute Gasteiger partial charge is 0.364 e. The third kappa shape index (κ3) is 3.07. The van der Waals surface area contributed by atoms with E-state index >= 15 is 0 Å². The van der Waals surface area contributed by atoms with Gasteiger partial charge in [-0.05, 0) is 20.8 Å². The summed E-state index contributed by atoms with van der Waals surface area (Å²) in [6.07, 6.45) is 1.28. The molecule has 2 N–H and O–H groups in total. The quantitative estimate of drug-likeness (QED) is 0.613. The number of aromatic nitrogens is 3. The van der Waals surface area contributed by atoms with Crippen molar-refractivity contribution in [3.05, 3.63) is 33.5 Å². The molecule has 0 spiro atoms. The summed E-state index contributed by atoms with van der Waals surface area (Å²) in [6.45, 7) is 6.30. The van der Waals surface area contributed by atoms with Crippen molar-refractivity contribution in [1.29, 1.82) is 0 Å². The van der Waals surface area contributed by atoms with Gasteiger partial charge in [-0.2, -0.15) is 0 Å². The Balaban J connectivity index is 2.27. The fraction of sp³-hybridized carbons (Fsp3) is 0.417. The molecule has 0 unspecified atom stereocenters. The van der Waals surface area contributed by atoms with Gasteiger partial charge in [-0.1, -0.05) is 5.16 Å². The Morgan fingerprint density at radius 1 is 1.29 bits per heavy atom. The lowest BCUT2D eigenvalue weighted by atomic mass is 10.2. The minimum Gasteiger partial charge on any atom is -0.364 e. The first-order chi connectivity index (χ1) is 10.0. The summed E-state index contributed by atoms with van der Waals surface area (Å²) < 4.78 is 5.05. The fourth-order valence-corrected chi connectivity index (χ4v) is 1.90. The van der Waals surface area contributed by atoms with E-state index in [0.29, 0.717) is 18.8 Å². The van der Waals surface area contributed by atoms with Gasteiger partial charge in [0.05, 0.1) is 10.6 Å². The van der Waals surface area contributed by atoms with Crippen molar-refractivity contribution < 1.29 is 9.45 Å². The SMILES string of the molecule is CCNc1ncnc(NCc2c(C)noc2C)c1[N+](=O)[O-]. The fourth-order valence-electron chi connectivity index (χ4n) is 1.90. The van der Waals surface area contributed by atoms with Crippen LogP contribution in [0.4, 0.5) is 17.3 Å². The van der Waals surface area contributed by atoms with Crippen LogP contribution in [0.25, 0.3) is 0 Å². The zero-order valence-electron chi connectivity index (χ0n) is 12.0. The highest BCUT2D eigenvalue weighted by Crippen LogP contribution is 2.29. The molecule has 21 heavy (non-hydrogen) atoms. The molecule has 9 heteroatoms. The van der Waals surface area contributed by atoms with Crippen molar-refractivity contribution in [2.24, 2.45) is 0 Å². The van der Waals surface area contributed by atoms with Gasteiger partial charge in [0.1, 0.15) is 12.1 Å². The topological polar surface area (TPSA) is 119 Å². The summed E-state index contributed by atoms with van der Waals surface area (Å²) in [5, 5.41) is 20.9. The lowest BCUT2D eigenvalue weighted by Crippen LogP contribution is -2.10. The molecule has 0 bridgehead atoms. The summed E-state index contributed by atoms with van der Waals surface area (Å²) in [5.41, 5.74) is 1.42. The van der Waals surface area contributed by atoms with Crippen molar-refractivity contribution in [3.63, 3.8) is 0 Å². The highest BCUT2D eigenvalue weighted by molar-refractivity contribution is 5.69. The summed E-state index contributed by atoms with van der Waals surface area (Å²) in [5.74, 6) is 1.02. The predicted octanol–water partition coefficient (Wildman–Crippen LogP) is 2.03. The van der Waals surface area contributed by atoms with Crippen molar-refractivity contribution in [3.8, 4) is 0 Å². The van der Waals surface area contributed by atoms with Crippen LogP contribution in [-0.4, -0.2) is 26.6 Å². The Bertz CT molecular complexity index is 635.